The average molecular weight is 216 g/mol. The molecule has 1 amide bonds. The highest BCUT2D eigenvalue weighted by Gasteiger charge is 2.31. The molecule has 3 nitrogen and oxygen atoms in total. The molecule has 84 valence electrons. The van der Waals surface area contributed by atoms with Crippen molar-refractivity contribution in [1.82, 2.24) is 10.2 Å². The van der Waals surface area contributed by atoms with Crippen LogP contribution in [0.15, 0.2) is 24.3 Å². The van der Waals surface area contributed by atoms with Crippen LogP contribution in [-0.4, -0.2) is 30.4 Å². The molecule has 0 radical (unpaired) electrons. The summed E-state index contributed by atoms with van der Waals surface area (Å²) in [5, 5.41) is 3.21. The van der Waals surface area contributed by atoms with Crippen LogP contribution in [0.1, 0.15) is 23.6 Å². The zero-order valence-corrected chi connectivity index (χ0v) is 9.28. The maximum absolute atomic E-state index is 11.9. The Hall–Kier alpha value is -1.35. The molecule has 0 aliphatic carbocycles. The average Bonchev–Trinajstić information content (AvgIpc) is 2.50. The molecule has 2 aliphatic rings. The fraction of sp³-hybridized carbons (Fsp3) is 0.462. The van der Waals surface area contributed by atoms with E-state index in [0.717, 1.165) is 25.9 Å². The van der Waals surface area contributed by atoms with Crippen LogP contribution >= 0.6 is 0 Å². The van der Waals surface area contributed by atoms with Crippen LogP contribution in [0, 0.1) is 0 Å². The topological polar surface area (TPSA) is 32.3 Å². The molecule has 1 atom stereocenters. The Morgan fingerprint density at radius 1 is 1.31 bits per heavy atom. The summed E-state index contributed by atoms with van der Waals surface area (Å²) in [6, 6.07) is 8.77. The lowest BCUT2D eigenvalue weighted by Crippen LogP contribution is -2.49. The standard InChI is InChI=1S/C13H16N2O/c16-13-9-14-8-12-11-6-2-1-4-10(11)5-3-7-15(12)13/h1-2,4,6,12,14H,3,5,7-9H2/t12-/m0/s1. The number of benzene rings is 1. The zero-order chi connectivity index (χ0) is 11.0. The van der Waals surface area contributed by atoms with E-state index in [0.29, 0.717) is 6.54 Å². The van der Waals surface area contributed by atoms with Crippen molar-refractivity contribution in [3.63, 3.8) is 0 Å². The van der Waals surface area contributed by atoms with Gasteiger partial charge in [0.15, 0.2) is 0 Å². The second-order valence-electron chi connectivity index (χ2n) is 4.54. The lowest BCUT2D eigenvalue weighted by atomic mass is 9.97. The molecule has 3 rings (SSSR count). The summed E-state index contributed by atoms with van der Waals surface area (Å²) in [5.41, 5.74) is 2.74. The van der Waals surface area contributed by atoms with Gasteiger partial charge in [-0.1, -0.05) is 24.3 Å². The second kappa shape index (κ2) is 3.91. The lowest BCUT2D eigenvalue weighted by Gasteiger charge is -2.35. The van der Waals surface area contributed by atoms with Crippen molar-refractivity contribution in [2.75, 3.05) is 19.6 Å². The largest absolute Gasteiger partial charge is 0.333 e. The molecule has 3 heteroatoms. The van der Waals surface area contributed by atoms with Crippen molar-refractivity contribution in [3.05, 3.63) is 35.4 Å². The third-order valence-electron chi connectivity index (χ3n) is 3.57. The van der Waals surface area contributed by atoms with Crippen LogP contribution in [0.5, 0.6) is 0 Å². The van der Waals surface area contributed by atoms with Gasteiger partial charge in [0, 0.05) is 13.1 Å². The quantitative estimate of drug-likeness (QED) is 0.704. The van der Waals surface area contributed by atoms with E-state index in [4.69, 9.17) is 0 Å². The van der Waals surface area contributed by atoms with Crippen molar-refractivity contribution < 1.29 is 4.79 Å². The molecule has 1 aromatic carbocycles. The van der Waals surface area contributed by atoms with Crippen LogP contribution in [-0.2, 0) is 11.2 Å². The van der Waals surface area contributed by atoms with Gasteiger partial charge in [-0.15, -0.1) is 0 Å². The van der Waals surface area contributed by atoms with Gasteiger partial charge >= 0.3 is 0 Å². The number of rotatable bonds is 0. The number of amides is 1. The van der Waals surface area contributed by atoms with Gasteiger partial charge in [0.05, 0.1) is 12.6 Å². The van der Waals surface area contributed by atoms with E-state index in [9.17, 15) is 4.79 Å². The van der Waals surface area contributed by atoms with Gasteiger partial charge in [0.2, 0.25) is 5.91 Å². The van der Waals surface area contributed by atoms with E-state index in [1.54, 1.807) is 0 Å². The van der Waals surface area contributed by atoms with Crippen molar-refractivity contribution in [3.8, 4) is 0 Å². The fourth-order valence-electron chi connectivity index (χ4n) is 2.79. The van der Waals surface area contributed by atoms with E-state index in [2.05, 4.69) is 29.6 Å². The summed E-state index contributed by atoms with van der Waals surface area (Å²) < 4.78 is 0. The molecule has 1 saturated heterocycles. The predicted octanol–water partition coefficient (Wildman–Crippen LogP) is 1.11. The zero-order valence-electron chi connectivity index (χ0n) is 9.28. The Bertz CT molecular complexity index is 416. The molecular weight excluding hydrogens is 200 g/mol. The third kappa shape index (κ3) is 1.52. The highest BCUT2D eigenvalue weighted by molar-refractivity contribution is 5.79. The highest BCUT2D eigenvalue weighted by Crippen LogP contribution is 2.29. The molecule has 2 heterocycles. The van der Waals surface area contributed by atoms with E-state index in [-0.39, 0.29) is 11.9 Å². The first kappa shape index (κ1) is 9.85. The van der Waals surface area contributed by atoms with E-state index in [1.165, 1.54) is 11.1 Å². The fourth-order valence-corrected chi connectivity index (χ4v) is 2.79. The molecule has 0 aromatic heterocycles. The van der Waals surface area contributed by atoms with Crippen LogP contribution < -0.4 is 5.32 Å². The smallest absolute Gasteiger partial charge is 0.237 e. The van der Waals surface area contributed by atoms with Crippen LogP contribution in [0.2, 0.25) is 0 Å². The first-order chi connectivity index (χ1) is 7.86. The lowest BCUT2D eigenvalue weighted by molar-refractivity contribution is -0.134. The van der Waals surface area contributed by atoms with E-state index < -0.39 is 0 Å². The molecular formula is C13H16N2O. The maximum Gasteiger partial charge on any atom is 0.237 e. The number of nitrogens with zero attached hydrogens (tertiary/aromatic N) is 1. The number of hydrogen-bond donors (Lipinski definition) is 1. The van der Waals surface area contributed by atoms with E-state index >= 15 is 0 Å². The van der Waals surface area contributed by atoms with E-state index in [1.807, 2.05) is 4.90 Å². The number of fused-ring (bicyclic) bond motifs is 3. The van der Waals surface area contributed by atoms with Crippen LogP contribution in [0.4, 0.5) is 0 Å². The minimum atomic E-state index is 0.243. The molecule has 2 aliphatic heterocycles. The highest BCUT2D eigenvalue weighted by atomic mass is 16.2. The number of carbonyl (C=O) groups excluding carboxylic acids is 1. The number of carbonyl (C=O) groups is 1. The first-order valence-electron chi connectivity index (χ1n) is 5.94. The van der Waals surface area contributed by atoms with Crippen LogP contribution in [0.25, 0.3) is 0 Å². The van der Waals surface area contributed by atoms with Crippen molar-refractivity contribution in [2.24, 2.45) is 0 Å². The summed E-state index contributed by atoms with van der Waals surface area (Å²) in [6.07, 6.45) is 2.18. The molecule has 0 spiro atoms. The number of aryl methyl sites for hydroxylation is 1. The van der Waals surface area contributed by atoms with Gasteiger partial charge < -0.3 is 10.2 Å². The van der Waals surface area contributed by atoms with Crippen LogP contribution in [0.3, 0.4) is 0 Å². The Labute approximate surface area is 95.4 Å². The van der Waals surface area contributed by atoms with Crippen molar-refractivity contribution in [2.45, 2.75) is 18.9 Å². The molecule has 0 bridgehead atoms. The second-order valence-corrected chi connectivity index (χ2v) is 4.54. The summed E-state index contributed by atoms with van der Waals surface area (Å²) >= 11 is 0. The van der Waals surface area contributed by atoms with Gasteiger partial charge in [-0.05, 0) is 24.0 Å². The SMILES string of the molecule is O=C1CNC[C@H]2c3ccccc3CCCN12. The third-order valence-corrected chi connectivity index (χ3v) is 3.57. The molecule has 16 heavy (non-hydrogen) atoms. The monoisotopic (exact) mass is 216 g/mol. The van der Waals surface area contributed by atoms with Crippen molar-refractivity contribution >= 4 is 5.91 Å². The Kier molecular flexibility index (Phi) is 2.40. The minimum Gasteiger partial charge on any atom is -0.333 e. The maximum atomic E-state index is 11.9. The number of nitrogens with one attached hydrogen (secondary N) is 1. The van der Waals surface area contributed by atoms with Gasteiger partial charge in [0.25, 0.3) is 0 Å². The molecule has 0 saturated carbocycles. The summed E-state index contributed by atoms with van der Waals surface area (Å²) in [7, 11) is 0. The molecule has 0 unspecified atom stereocenters. The normalized spacial score (nSPS) is 24.6. The Morgan fingerprint density at radius 2 is 2.19 bits per heavy atom. The summed E-state index contributed by atoms with van der Waals surface area (Å²) in [6.45, 7) is 2.29. The molecule has 1 N–H and O–H groups in total. The molecule has 1 fully saturated rings. The Morgan fingerprint density at radius 3 is 3.12 bits per heavy atom. The first-order valence-corrected chi connectivity index (χ1v) is 5.94. The Balaban J connectivity index is 2.03. The van der Waals surface area contributed by atoms with Gasteiger partial charge in [-0.25, -0.2) is 0 Å². The summed E-state index contributed by atoms with van der Waals surface area (Å²) in [5.74, 6) is 0.243. The summed E-state index contributed by atoms with van der Waals surface area (Å²) in [4.78, 5) is 13.9. The minimum absolute atomic E-state index is 0.243. The number of piperazine rings is 1. The van der Waals surface area contributed by atoms with Gasteiger partial charge in [-0.3, -0.25) is 4.79 Å². The molecule has 1 aromatic rings. The van der Waals surface area contributed by atoms with Gasteiger partial charge in [0.1, 0.15) is 0 Å². The predicted molar refractivity (Wildman–Crippen MR) is 62.1 cm³/mol. The number of hydrogen-bond acceptors (Lipinski definition) is 2. The van der Waals surface area contributed by atoms with Gasteiger partial charge in [-0.2, -0.15) is 0 Å². The van der Waals surface area contributed by atoms with Crippen molar-refractivity contribution in [1.29, 1.82) is 0 Å².